The molecule has 1 fully saturated rings. The first-order valence-electron chi connectivity index (χ1n) is 11.5. The van der Waals surface area contributed by atoms with Crippen molar-refractivity contribution in [3.63, 3.8) is 0 Å². The fourth-order valence-electron chi connectivity index (χ4n) is 4.21. The summed E-state index contributed by atoms with van der Waals surface area (Å²) in [6, 6.07) is 17.0. The van der Waals surface area contributed by atoms with Gasteiger partial charge in [0.05, 0.1) is 18.0 Å². The van der Waals surface area contributed by atoms with Crippen molar-refractivity contribution in [3.8, 4) is 5.69 Å². The Labute approximate surface area is 205 Å². The lowest BCUT2D eigenvalue weighted by Crippen LogP contribution is -2.51. The lowest BCUT2D eigenvalue weighted by Gasteiger charge is -2.34. The maximum absolute atomic E-state index is 13.6. The van der Waals surface area contributed by atoms with Crippen LogP contribution >= 0.6 is 11.8 Å². The van der Waals surface area contributed by atoms with Crippen LogP contribution in [-0.4, -0.2) is 74.9 Å². The number of fused-ring (bicyclic) bond motifs is 3. The number of para-hydroxylation sites is 2. The van der Waals surface area contributed by atoms with E-state index < -0.39 is 0 Å². The minimum atomic E-state index is -0.350. The minimum Gasteiger partial charge on any atom is -0.450 e. The zero-order valence-corrected chi connectivity index (χ0v) is 20.1. The van der Waals surface area contributed by atoms with Crippen molar-refractivity contribution in [1.29, 1.82) is 0 Å². The van der Waals surface area contributed by atoms with Crippen molar-refractivity contribution in [1.82, 2.24) is 24.3 Å². The number of aromatic amines is 1. The average Bonchev–Trinajstić information content (AvgIpc) is 3.27. The maximum atomic E-state index is 13.6. The number of nitrogens with zero attached hydrogens (tertiary/aromatic N) is 4. The molecule has 1 saturated heterocycles. The van der Waals surface area contributed by atoms with Gasteiger partial charge in [-0.15, -0.1) is 0 Å². The van der Waals surface area contributed by atoms with Crippen LogP contribution in [0.5, 0.6) is 0 Å². The van der Waals surface area contributed by atoms with E-state index in [4.69, 9.17) is 9.72 Å². The second-order valence-corrected chi connectivity index (χ2v) is 9.06. The lowest BCUT2D eigenvalue weighted by atomic mass is 10.2. The number of aromatic nitrogens is 3. The number of carbonyl (C=O) groups is 2. The van der Waals surface area contributed by atoms with E-state index in [9.17, 15) is 14.4 Å². The molecule has 0 unspecified atom stereocenters. The third-order valence-electron chi connectivity index (χ3n) is 5.99. The van der Waals surface area contributed by atoms with Crippen molar-refractivity contribution >= 4 is 45.7 Å². The number of piperazine rings is 1. The molecule has 0 bridgehead atoms. The Morgan fingerprint density at radius 2 is 1.69 bits per heavy atom. The highest BCUT2D eigenvalue weighted by Gasteiger charge is 2.25. The van der Waals surface area contributed by atoms with E-state index in [2.05, 4.69) is 4.98 Å². The van der Waals surface area contributed by atoms with Gasteiger partial charge in [-0.3, -0.25) is 14.2 Å². The van der Waals surface area contributed by atoms with Crippen LogP contribution in [0.4, 0.5) is 4.79 Å². The summed E-state index contributed by atoms with van der Waals surface area (Å²) in [6.45, 7) is 3.85. The third-order valence-corrected chi connectivity index (χ3v) is 6.92. The molecule has 0 saturated carbocycles. The van der Waals surface area contributed by atoms with Gasteiger partial charge in [-0.25, -0.2) is 9.78 Å². The molecular weight excluding hydrogens is 466 g/mol. The molecule has 1 aliphatic heterocycles. The summed E-state index contributed by atoms with van der Waals surface area (Å²) < 4.78 is 6.59. The third kappa shape index (κ3) is 4.49. The number of ether oxygens (including phenoxy) is 1. The summed E-state index contributed by atoms with van der Waals surface area (Å²) in [6.07, 6.45) is -0.350. The topological polar surface area (TPSA) is 101 Å². The summed E-state index contributed by atoms with van der Waals surface area (Å²) in [7, 11) is 0. The van der Waals surface area contributed by atoms with Crippen LogP contribution in [0.3, 0.4) is 0 Å². The number of H-pyrrole nitrogens is 1. The molecule has 35 heavy (non-hydrogen) atoms. The van der Waals surface area contributed by atoms with Gasteiger partial charge in [0.1, 0.15) is 11.0 Å². The highest BCUT2D eigenvalue weighted by molar-refractivity contribution is 7.99. The van der Waals surface area contributed by atoms with Crippen LogP contribution < -0.4 is 5.56 Å². The quantitative estimate of drug-likeness (QED) is 0.340. The van der Waals surface area contributed by atoms with Gasteiger partial charge in [0.25, 0.3) is 5.56 Å². The molecule has 180 valence electrons. The predicted molar refractivity (Wildman–Crippen MR) is 135 cm³/mol. The van der Waals surface area contributed by atoms with Crippen molar-refractivity contribution in [2.45, 2.75) is 12.1 Å². The van der Waals surface area contributed by atoms with Crippen molar-refractivity contribution < 1.29 is 14.3 Å². The number of carbonyl (C=O) groups excluding carboxylic acids is 2. The van der Waals surface area contributed by atoms with Gasteiger partial charge in [-0.2, -0.15) is 0 Å². The number of amides is 2. The fraction of sp³-hybridized carbons (Fsp3) is 0.280. The number of hydrogen-bond acceptors (Lipinski definition) is 6. The SMILES string of the molecule is CCOC(=O)N1CCN(C(=O)CSc2nc3c([nH]c4ccccc43)c(=O)n2-c2ccccc2)CC1. The van der Waals surface area contributed by atoms with E-state index in [-0.39, 0.29) is 23.3 Å². The zero-order chi connectivity index (χ0) is 24.4. The molecule has 2 amide bonds. The Hall–Kier alpha value is -3.79. The maximum Gasteiger partial charge on any atom is 0.409 e. The molecule has 2 aromatic heterocycles. The van der Waals surface area contributed by atoms with E-state index in [1.54, 1.807) is 21.3 Å². The van der Waals surface area contributed by atoms with Gasteiger partial charge in [0.2, 0.25) is 5.91 Å². The lowest BCUT2D eigenvalue weighted by molar-refractivity contribution is -0.129. The molecule has 0 radical (unpaired) electrons. The number of nitrogens with one attached hydrogen (secondary N) is 1. The van der Waals surface area contributed by atoms with E-state index >= 15 is 0 Å². The Balaban J connectivity index is 1.42. The highest BCUT2D eigenvalue weighted by atomic mass is 32.2. The average molecular weight is 492 g/mol. The number of benzene rings is 2. The van der Waals surface area contributed by atoms with Crippen LogP contribution in [0.15, 0.2) is 64.5 Å². The molecule has 3 heterocycles. The first-order valence-corrected chi connectivity index (χ1v) is 12.5. The molecule has 5 rings (SSSR count). The van der Waals surface area contributed by atoms with Gasteiger partial charge in [-0.05, 0) is 25.1 Å². The van der Waals surface area contributed by atoms with Crippen LogP contribution in [0.1, 0.15) is 6.92 Å². The molecule has 0 spiro atoms. The monoisotopic (exact) mass is 491 g/mol. The summed E-state index contributed by atoms with van der Waals surface area (Å²) in [5, 5.41) is 1.32. The molecule has 0 aliphatic carbocycles. The first kappa shape index (κ1) is 23.0. The molecule has 1 aliphatic rings. The van der Waals surface area contributed by atoms with Gasteiger partial charge in [0.15, 0.2) is 5.16 Å². The molecule has 1 N–H and O–H groups in total. The summed E-state index contributed by atoms with van der Waals surface area (Å²) in [5.74, 6) is 0.0680. The fourth-order valence-corrected chi connectivity index (χ4v) is 5.12. The molecular formula is C25H25N5O4S. The van der Waals surface area contributed by atoms with Crippen LogP contribution in [0, 0.1) is 0 Å². The Morgan fingerprint density at radius 3 is 2.43 bits per heavy atom. The molecule has 0 atom stereocenters. The van der Waals surface area contributed by atoms with Gasteiger partial charge < -0.3 is 19.5 Å². The van der Waals surface area contributed by atoms with Crippen molar-refractivity contribution in [2.24, 2.45) is 0 Å². The van der Waals surface area contributed by atoms with Gasteiger partial charge in [-0.1, -0.05) is 48.2 Å². The van der Waals surface area contributed by atoms with Crippen LogP contribution in [0.25, 0.3) is 27.6 Å². The van der Waals surface area contributed by atoms with Crippen molar-refractivity contribution in [3.05, 3.63) is 65.0 Å². The smallest absolute Gasteiger partial charge is 0.409 e. The second-order valence-electron chi connectivity index (χ2n) is 8.12. The normalized spacial score (nSPS) is 14.0. The largest absolute Gasteiger partial charge is 0.450 e. The second kappa shape index (κ2) is 9.83. The standard InChI is InChI=1S/C25H25N5O4S/c1-2-34-25(33)29-14-12-28(13-15-29)20(31)16-35-24-27-21-18-10-6-7-11-19(18)26-22(21)23(32)30(24)17-8-4-3-5-9-17/h3-11,26H,2,12-16H2,1H3. The summed E-state index contributed by atoms with van der Waals surface area (Å²) in [5.41, 5.74) is 2.33. The van der Waals surface area contributed by atoms with Crippen molar-refractivity contribution in [2.75, 3.05) is 38.5 Å². The number of rotatable bonds is 5. The summed E-state index contributed by atoms with van der Waals surface area (Å²) >= 11 is 1.24. The Morgan fingerprint density at radius 1 is 1.00 bits per heavy atom. The Bertz CT molecular complexity index is 1440. The number of hydrogen-bond donors (Lipinski definition) is 1. The first-order chi connectivity index (χ1) is 17.1. The molecule has 4 aromatic rings. The van der Waals surface area contributed by atoms with Crippen LogP contribution in [-0.2, 0) is 9.53 Å². The van der Waals surface area contributed by atoms with E-state index in [1.165, 1.54) is 11.8 Å². The van der Waals surface area contributed by atoms with E-state index in [0.29, 0.717) is 54.7 Å². The Kier molecular flexibility index (Phi) is 6.45. The van der Waals surface area contributed by atoms with E-state index in [1.807, 2.05) is 54.6 Å². The number of thioether (sulfide) groups is 1. The van der Waals surface area contributed by atoms with E-state index in [0.717, 1.165) is 10.9 Å². The van der Waals surface area contributed by atoms with Gasteiger partial charge in [0, 0.05) is 37.1 Å². The predicted octanol–water partition coefficient (Wildman–Crippen LogP) is 3.26. The minimum absolute atomic E-state index is 0.0635. The molecule has 10 heteroatoms. The summed E-state index contributed by atoms with van der Waals surface area (Å²) in [4.78, 5) is 49.8. The molecule has 9 nitrogen and oxygen atoms in total. The zero-order valence-electron chi connectivity index (χ0n) is 19.3. The van der Waals surface area contributed by atoms with Crippen LogP contribution in [0.2, 0.25) is 0 Å². The van der Waals surface area contributed by atoms with Gasteiger partial charge >= 0.3 is 6.09 Å². The highest BCUT2D eigenvalue weighted by Crippen LogP contribution is 2.26. The molecule has 2 aromatic carbocycles.